The van der Waals surface area contributed by atoms with E-state index in [4.69, 9.17) is 5.73 Å². The number of nitrogens with two attached hydrogens (primary N) is 1. The van der Waals surface area contributed by atoms with E-state index in [1.54, 1.807) is 26.0 Å². The molecule has 2 aromatic rings. The van der Waals surface area contributed by atoms with Crippen molar-refractivity contribution in [2.45, 2.75) is 13.8 Å². The zero-order valence-corrected chi connectivity index (χ0v) is 10.7. The Morgan fingerprint density at radius 2 is 1.95 bits per heavy atom. The molecule has 0 atom stereocenters. The number of carbonyl (C=O) groups excluding carboxylic acids is 1. The molecule has 0 unspecified atom stereocenters. The van der Waals surface area contributed by atoms with Crippen LogP contribution in [0.15, 0.2) is 30.3 Å². The molecule has 5 heteroatoms. The molecule has 4 nitrogen and oxygen atoms in total. The van der Waals surface area contributed by atoms with Crippen molar-refractivity contribution in [1.82, 2.24) is 4.98 Å². The number of anilines is 2. The number of rotatable bonds is 2. The molecule has 0 aliphatic rings. The van der Waals surface area contributed by atoms with Crippen LogP contribution in [0, 0.1) is 19.7 Å². The van der Waals surface area contributed by atoms with Crippen molar-refractivity contribution in [1.29, 1.82) is 0 Å². The largest absolute Gasteiger partial charge is 0.384 e. The molecule has 3 N–H and O–H groups in total. The van der Waals surface area contributed by atoms with Gasteiger partial charge in [0.05, 0.1) is 0 Å². The fraction of sp³-hybridized carbons (Fsp3) is 0.143. The second kappa shape index (κ2) is 5.06. The van der Waals surface area contributed by atoms with E-state index in [0.717, 1.165) is 5.56 Å². The van der Waals surface area contributed by atoms with Crippen LogP contribution in [0.1, 0.15) is 21.6 Å². The highest BCUT2D eigenvalue weighted by atomic mass is 19.1. The van der Waals surface area contributed by atoms with Crippen molar-refractivity contribution in [3.63, 3.8) is 0 Å². The first-order valence-corrected chi connectivity index (χ1v) is 5.77. The van der Waals surface area contributed by atoms with Crippen molar-refractivity contribution in [2.24, 2.45) is 0 Å². The first kappa shape index (κ1) is 13.0. The third kappa shape index (κ3) is 3.28. The summed E-state index contributed by atoms with van der Waals surface area (Å²) in [4.78, 5) is 16.0. The number of amides is 1. The zero-order valence-electron chi connectivity index (χ0n) is 10.7. The number of carbonyl (C=O) groups is 1. The van der Waals surface area contributed by atoms with E-state index in [-0.39, 0.29) is 17.5 Å². The molecular formula is C14H14FN3O. The summed E-state index contributed by atoms with van der Waals surface area (Å²) >= 11 is 0. The second-order valence-electron chi connectivity index (χ2n) is 4.39. The van der Waals surface area contributed by atoms with Crippen molar-refractivity contribution < 1.29 is 9.18 Å². The van der Waals surface area contributed by atoms with Crippen LogP contribution in [-0.4, -0.2) is 10.9 Å². The van der Waals surface area contributed by atoms with Gasteiger partial charge in [0.25, 0.3) is 5.91 Å². The number of aromatic nitrogens is 1. The molecule has 0 aliphatic heterocycles. The van der Waals surface area contributed by atoms with E-state index in [1.807, 2.05) is 0 Å². The highest BCUT2D eigenvalue weighted by Crippen LogP contribution is 2.15. The van der Waals surface area contributed by atoms with Crippen LogP contribution in [0.5, 0.6) is 0 Å². The molecule has 0 bridgehead atoms. The molecule has 0 saturated carbocycles. The smallest absolute Gasteiger partial charge is 0.255 e. The number of halogens is 1. The summed E-state index contributed by atoms with van der Waals surface area (Å²) in [5, 5.41) is 2.63. The third-order valence-electron chi connectivity index (χ3n) is 2.54. The molecule has 0 spiro atoms. The molecule has 19 heavy (non-hydrogen) atoms. The molecule has 1 amide bonds. The van der Waals surface area contributed by atoms with Crippen molar-refractivity contribution in [3.05, 3.63) is 53.0 Å². The summed E-state index contributed by atoms with van der Waals surface area (Å²) in [5.41, 5.74) is 7.79. The average Bonchev–Trinajstić information content (AvgIpc) is 2.25. The Kier molecular flexibility index (Phi) is 3.46. The van der Waals surface area contributed by atoms with Crippen LogP contribution in [-0.2, 0) is 0 Å². The van der Waals surface area contributed by atoms with Gasteiger partial charge >= 0.3 is 0 Å². The topological polar surface area (TPSA) is 68.0 Å². The minimum Gasteiger partial charge on any atom is -0.384 e. The lowest BCUT2D eigenvalue weighted by atomic mass is 10.2. The maximum absolute atomic E-state index is 13.2. The Hall–Kier alpha value is -2.43. The number of pyridine rings is 1. The van der Waals surface area contributed by atoms with Gasteiger partial charge in [-0.2, -0.15) is 0 Å². The fourth-order valence-electron chi connectivity index (χ4n) is 1.84. The van der Waals surface area contributed by atoms with Crippen LogP contribution < -0.4 is 11.1 Å². The lowest BCUT2D eigenvalue weighted by molar-refractivity contribution is 0.102. The lowest BCUT2D eigenvalue weighted by Gasteiger charge is -2.07. The van der Waals surface area contributed by atoms with Gasteiger partial charge in [0.1, 0.15) is 11.6 Å². The normalized spacial score (nSPS) is 10.3. The van der Waals surface area contributed by atoms with Crippen LogP contribution in [0.25, 0.3) is 0 Å². The molecule has 0 saturated heterocycles. The summed E-state index contributed by atoms with van der Waals surface area (Å²) in [7, 11) is 0. The van der Waals surface area contributed by atoms with Gasteiger partial charge in [-0.1, -0.05) is 0 Å². The summed E-state index contributed by atoms with van der Waals surface area (Å²) < 4.78 is 13.2. The predicted octanol–water partition coefficient (Wildman–Crippen LogP) is 2.67. The van der Waals surface area contributed by atoms with E-state index >= 15 is 0 Å². The predicted molar refractivity (Wildman–Crippen MR) is 72.5 cm³/mol. The highest BCUT2D eigenvalue weighted by Gasteiger charge is 2.09. The van der Waals surface area contributed by atoms with Gasteiger partial charge in [-0.3, -0.25) is 4.79 Å². The van der Waals surface area contributed by atoms with Gasteiger partial charge in [0.15, 0.2) is 0 Å². The number of aryl methyl sites for hydroxylation is 2. The Bertz CT molecular complexity index is 600. The standard InChI is InChI=1S/C14H14FN3O/c1-8-3-11(15)7-12(4-8)18-14(19)10-5-9(2)17-13(16)6-10/h3-7H,1-2H3,(H2,16,17)(H,18,19). The van der Waals surface area contributed by atoms with Gasteiger partial charge in [0, 0.05) is 16.9 Å². The minimum atomic E-state index is -0.388. The Morgan fingerprint density at radius 3 is 2.58 bits per heavy atom. The third-order valence-corrected chi connectivity index (χ3v) is 2.54. The minimum absolute atomic E-state index is 0.278. The van der Waals surface area contributed by atoms with Crippen LogP contribution >= 0.6 is 0 Å². The quantitative estimate of drug-likeness (QED) is 0.871. The van der Waals surface area contributed by atoms with Crippen molar-refractivity contribution in [3.8, 4) is 0 Å². The first-order chi connectivity index (χ1) is 8.94. The number of nitrogens with one attached hydrogen (secondary N) is 1. The fourth-order valence-corrected chi connectivity index (χ4v) is 1.84. The van der Waals surface area contributed by atoms with Crippen molar-refractivity contribution >= 4 is 17.4 Å². The average molecular weight is 259 g/mol. The summed E-state index contributed by atoms with van der Waals surface area (Å²) in [6.07, 6.45) is 0. The molecule has 0 aliphatic carbocycles. The number of benzene rings is 1. The lowest BCUT2D eigenvalue weighted by Crippen LogP contribution is -2.13. The van der Waals surface area contributed by atoms with Gasteiger partial charge in [-0.25, -0.2) is 9.37 Å². The zero-order chi connectivity index (χ0) is 14.0. The number of nitrogens with zero attached hydrogens (tertiary/aromatic N) is 1. The van der Waals surface area contributed by atoms with Crippen molar-refractivity contribution in [2.75, 3.05) is 11.1 Å². The number of nitrogen functional groups attached to an aromatic ring is 1. The van der Waals surface area contributed by atoms with E-state index in [1.165, 1.54) is 18.2 Å². The Morgan fingerprint density at radius 1 is 1.21 bits per heavy atom. The molecule has 0 fully saturated rings. The molecule has 1 aromatic heterocycles. The van der Waals surface area contributed by atoms with E-state index in [0.29, 0.717) is 16.9 Å². The van der Waals surface area contributed by atoms with E-state index in [2.05, 4.69) is 10.3 Å². The van der Waals surface area contributed by atoms with Gasteiger partial charge in [-0.05, 0) is 49.7 Å². The van der Waals surface area contributed by atoms with Crippen LogP contribution in [0.3, 0.4) is 0 Å². The first-order valence-electron chi connectivity index (χ1n) is 5.77. The maximum Gasteiger partial charge on any atom is 0.255 e. The molecule has 98 valence electrons. The van der Waals surface area contributed by atoms with E-state index in [9.17, 15) is 9.18 Å². The Labute approximate surface area is 110 Å². The SMILES string of the molecule is Cc1cc(F)cc(NC(=O)c2cc(C)nc(N)c2)c1. The maximum atomic E-state index is 13.2. The molecule has 1 aromatic carbocycles. The number of hydrogen-bond acceptors (Lipinski definition) is 3. The van der Waals surface area contributed by atoms with Crippen LogP contribution in [0.4, 0.5) is 15.9 Å². The van der Waals surface area contributed by atoms with Gasteiger partial charge < -0.3 is 11.1 Å². The number of hydrogen-bond donors (Lipinski definition) is 2. The monoisotopic (exact) mass is 259 g/mol. The van der Waals surface area contributed by atoms with E-state index < -0.39 is 0 Å². The molecular weight excluding hydrogens is 245 g/mol. The Balaban J connectivity index is 2.25. The second-order valence-corrected chi connectivity index (χ2v) is 4.39. The van der Waals surface area contributed by atoms with Gasteiger partial charge in [-0.15, -0.1) is 0 Å². The van der Waals surface area contributed by atoms with Crippen LogP contribution in [0.2, 0.25) is 0 Å². The summed E-state index contributed by atoms with van der Waals surface area (Å²) in [6, 6.07) is 7.46. The molecule has 0 radical (unpaired) electrons. The summed E-state index contributed by atoms with van der Waals surface area (Å²) in [6.45, 7) is 3.51. The highest BCUT2D eigenvalue weighted by molar-refractivity contribution is 6.04. The summed E-state index contributed by atoms with van der Waals surface area (Å²) in [5.74, 6) is -0.455. The van der Waals surface area contributed by atoms with Gasteiger partial charge in [0.2, 0.25) is 0 Å². The molecule has 1 heterocycles. The molecule has 2 rings (SSSR count).